The molecule has 3 nitrogen and oxygen atoms in total. The summed E-state index contributed by atoms with van der Waals surface area (Å²) in [7, 11) is 0. The van der Waals surface area contributed by atoms with Gasteiger partial charge in [0, 0.05) is 0 Å². The molecule has 0 fully saturated rings. The van der Waals surface area contributed by atoms with E-state index in [0.717, 1.165) is 5.56 Å². The van der Waals surface area contributed by atoms with Gasteiger partial charge in [-0.3, -0.25) is 0 Å². The summed E-state index contributed by atoms with van der Waals surface area (Å²) in [6, 6.07) is 16.4. The number of benzene rings is 2. The van der Waals surface area contributed by atoms with Gasteiger partial charge in [0.05, 0.1) is 17.2 Å². The molecular weight excluding hydrogens is 224 g/mol. The van der Waals surface area contributed by atoms with E-state index in [2.05, 4.69) is 6.07 Å². The SMILES string of the molecule is Cc1ccc(C#N)c(Oc2cccc(C#N)c2)c1. The van der Waals surface area contributed by atoms with Crippen molar-refractivity contribution in [3.63, 3.8) is 0 Å². The van der Waals surface area contributed by atoms with Gasteiger partial charge in [-0.25, -0.2) is 0 Å². The van der Waals surface area contributed by atoms with Crippen molar-refractivity contribution in [3.05, 3.63) is 59.2 Å². The van der Waals surface area contributed by atoms with Crippen LogP contribution < -0.4 is 4.74 Å². The summed E-state index contributed by atoms with van der Waals surface area (Å²) in [5, 5.41) is 17.8. The second-order valence-corrected chi connectivity index (χ2v) is 3.85. The first-order chi connectivity index (χ1) is 8.72. The molecule has 3 heteroatoms. The molecule has 0 aliphatic heterocycles. The summed E-state index contributed by atoms with van der Waals surface area (Å²) in [4.78, 5) is 0. The molecule has 2 rings (SSSR count). The van der Waals surface area contributed by atoms with Crippen LogP contribution in [0.25, 0.3) is 0 Å². The standard InChI is InChI=1S/C15H10N2O/c1-11-5-6-13(10-17)15(7-11)18-14-4-2-3-12(8-14)9-16/h2-8H,1H3. The number of hydrogen-bond acceptors (Lipinski definition) is 3. The molecule has 0 radical (unpaired) electrons. The Bertz CT molecular complexity index is 663. The Balaban J connectivity index is 2.37. The minimum Gasteiger partial charge on any atom is -0.456 e. The first-order valence-corrected chi connectivity index (χ1v) is 5.41. The van der Waals surface area contributed by atoms with Crippen molar-refractivity contribution in [1.82, 2.24) is 0 Å². The molecule has 0 aromatic heterocycles. The number of aryl methyl sites for hydroxylation is 1. The Morgan fingerprint density at radius 2 is 1.83 bits per heavy atom. The zero-order chi connectivity index (χ0) is 13.0. The van der Waals surface area contributed by atoms with E-state index in [1.807, 2.05) is 19.1 Å². The van der Waals surface area contributed by atoms with Crippen LogP contribution in [0, 0.1) is 29.6 Å². The van der Waals surface area contributed by atoms with Crippen LogP contribution in [0.5, 0.6) is 11.5 Å². The van der Waals surface area contributed by atoms with Gasteiger partial charge in [-0.05, 0) is 42.8 Å². The molecule has 2 aromatic rings. The molecule has 18 heavy (non-hydrogen) atoms. The summed E-state index contributed by atoms with van der Waals surface area (Å²) >= 11 is 0. The van der Waals surface area contributed by atoms with Crippen LogP contribution in [0.2, 0.25) is 0 Å². The monoisotopic (exact) mass is 234 g/mol. The molecule has 0 N–H and O–H groups in total. The summed E-state index contributed by atoms with van der Waals surface area (Å²) in [6.45, 7) is 1.93. The molecule has 2 aromatic carbocycles. The number of hydrogen-bond donors (Lipinski definition) is 0. The molecule has 0 aliphatic rings. The zero-order valence-electron chi connectivity index (χ0n) is 9.84. The Morgan fingerprint density at radius 3 is 2.56 bits per heavy atom. The molecule has 0 saturated carbocycles. The van der Waals surface area contributed by atoms with E-state index in [1.54, 1.807) is 36.4 Å². The largest absolute Gasteiger partial charge is 0.456 e. The minimum atomic E-state index is 0.475. The van der Waals surface area contributed by atoms with E-state index in [1.165, 1.54) is 0 Å². The van der Waals surface area contributed by atoms with Crippen molar-refractivity contribution < 1.29 is 4.74 Å². The molecular formula is C15H10N2O. The quantitative estimate of drug-likeness (QED) is 0.798. The maximum absolute atomic E-state index is 9.01. The van der Waals surface area contributed by atoms with E-state index < -0.39 is 0 Å². The maximum Gasteiger partial charge on any atom is 0.145 e. The summed E-state index contributed by atoms with van der Waals surface area (Å²) in [5.41, 5.74) is 2.02. The van der Waals surface area contributed by atoms with Crippen LogP contribution in [0.3, 0.4) is 0 Å². The van der Waals surface area contributed by atoms with Gasteiger partial charge >= 0.3 is 0 Å². The summed E-state index contributed by atoms with van der Waals surface area (Å²) < 4.78 is 5.65. The van der Waals surface area contributed by atoms with E-state index in [4.69, 9.17) is 15.3 Å². The molecule has 0 bridgehead atoms. The first kappa shape index (κ1) is 11.7. The Hall–Kier alpha value is -2.78. The van der Waals surface area contributed by atoms with E-state index >= 15 is 0 Å². The van der Waals surface area contributed by atoms with Crippen molar-refractivity contribution in [2.45, 2.75) is 6.92 Å². The van der Waals surface area contributed by atoms with Crippen LogP contribution in [0.15, 0.2) is 42.5 Å². The fourth-order valence-electron chi connectivity index (χ4n) is 1.56. The van der Waals surface area contributed by atoms with Gasteiger partial charge in [0.1, 0.15) is 17.6 Å². The lowest BCUT2D eigenvalue weighted by Crippen LogP contribution is -1.89. The number of nitrogens with zero attached hydrogens (tertiary/aromatic N) is 2. The van der Waals surface area contributed by atoms with Crippen LogP contribution in [0.1, 0.15) is 16.7 Å². The van der Waals surface area contributed by atoms with Crippen molar-refractivity contribution in [3.8, 4) is 23.6 Å². The second-order valence-electron chi connectivity index (χ2n) is 3.85. The van der Waals surface area contributed by atoms with Gasteiger partial charge in [0.2, 0.25) is 0 Å². The highest BCUT2D eigenvalue weighted by Crippen LogP contribution is 2.26. The van der Waals surface area contributed by atoms with Gasteiger partial charge in [0.25, 0.3) is 0 Å². The van der Waals surface area contributed by atoms with Crippen molar-refractivity contribution in [2.75, 3.05) is 0 Å². The van der Waals surface area contributed by atoms with Gasteiger partial charge in [-0.15, -0.1) is 0 Å². The molecule has 0 spiro atoms. The molecule has 0 aliphatic carbocycles. The highest BCUT2D eigenvalue weighted by Gasteiger charge is 2.05. The van der Waals surface area contributed by atoms with Crippen LogP contribution in [-0.4, -0.2) is 0 Å². The zero-order valence-corrected chi connectivity index (χ0v) is 9.84. The van der Waals surface area contributed by atoms with E-state index in [9.17, 15) is 0 Å². The lowest BCUT2D eigenvalue weighted by Gasteiger charge is -2.08. The summed E-state index contributed by atoms with van der Waals surface area (Å²) in [6.07, 6.45) is 0. The Labute approximate surface area is 105 Å². The van der Waals surface area contributed by atoms with Crippen molar-refractivity contribution in [2.24, 2.45) is 0 Å². The van der Waals surface area contributed by atoms with Crippen LogP contribution in [0.4, 0.5) is 0 Å². The predicted octanol–water partition coefficient (Wildman–Crippen LogP) is 3.53. The average molecular weight is 234 g/mol. The average Bonchev–Trinajstić information content (AvgIpc) is 2.39. The Morgan fingerprint density at radius 1 is 1.00 bits per heavy atom. The van der Waals surface area contributed by atoms with Crippen LogP contribution in [-0.2, 0) is 0 Å². The van der Waals surface area contributed by atoms with E-state index in [-0.39, 0.29) is 0 Å². The lowest BCUT2D eigenvalue weighted by molar-refractivity contribution is 0.480. The van der Waals surface area contributed by atoms with Crippen LogP contribution >= 0.6 is 0 Å². The molecule has 0 heterocycles. The highest BCUT2D eigenvalue weighted by molar-refractivity contribution is 5.48. The smallest absolute Gasteiger partial charge is 0.145 e. The third-order valence-electron chi connectivity index (χ3n) is 2.45. The third kappa shape index (κ3) is 2.48. The fraction of sp³-hybridized carbons (Fsp3) is 0.0667. The third-order valence-corrected chi connectivity index (χ3v) is 2.45. The van der Waals surface area contributed by atoms with Gasteiger partial charge in [0.15, 0.2) is 0 Å². The van der Waals surface area contributed by atoms with Gasteiger partial charge in [-0.1, -0.05) is 12.1 Å². The maximum atomic E-state index is 9.01. The molecule has 86 valence electrons. The first-order valence-electron chi connectivity index (χ1n) is 5.41. The van der Waals surface area contributed by atoms with Gasteiger partial charge in [-0.2, -0.15) is 10.5 Å². The van der Waals surface area contributed by atoms with Gasteiger partial charge < -0.3 is 4.74 Å². The van der Waals surface area contributed by atoms with Crippen molar-refractivity contribution >= 4 is 0 Å². The number of ether oxygens (including phenoxy) is 1. The molecule has 0 unspecified atom stereocenters. The predicted molar refractivity (Wildman–Crippen MR) is 67.1 cm³/mol. The Kier molecular flexibility index (Phi) is 3.27. The normalized spacial score (nSPS) is 9.28. The lowest BCUT2D eigenvalue weighted by atomic mass is 10.1. The highest BCUT2D eigenvalue weighted by atomic mass is 16.5. The fourth-order valence-corrected chi connectivity index (χ4v) is 1.56. The molecule has 0 amide bonds. The number of nitriles is 2. The second kappa shape index (κ2) is 5.03. The minimum absolute atomic E-state index is 0.475. The summed E-state index contributed by atoms with van der Waals surface area (Å²) in [5.74, 6) is 1.06. The molecule has 0 atom stereocenters. The topological polar surface area (TPSA) is 56.8 Å². The van der Waals surface area contributed by atoms with E-state index in [0.29, 0.717) is 22.6 Å². The number of rotatable bonds is 2. The van der Waals surface area contributed by atoms with Crippen molar-refractivity contribution in [1.29, 1.82) is 10.5 Å². The molecule has 0 saturated heterocycles.